The molecule has 0 atom stereocenters. The number of carbonyl (C=O) groups excluding carboxylic acids is 2. The standard InChI is InChI=1S/C17H13F3N2O4/c18-17(19,20)9-26-13-4-2-1-3-11(13)22-16(24)10-5-6-14-12(7-10)21-15(23)8-25-14/h1-7H,8-9H2,(H,21,23)(H,22,24). The van der Waals surface area contributed by atoms with Gasteiger partial charge in [-0.1, -0.05) is 12.1 Å². The Bertz CT molecular complexity index is 852. The molecule has 0 aromatic heterocycles. The fourth-order valence-electron chi connectivity index (χ4n) is 2.27. The second-order valence-electron chi connectivity index (χ2n) is 5.40. The van der Waals surface area contributed by atoms with Crippen LogP contribution in [-0.2, 0) is 4.79 Å². The van der Waals surface area contributed by atoms with Crippen molar-refractivity contribution in [2.24, 2.45) is 0 Å². The monoisotopic (exact) mass is 366 g/mol. The van der Waals surface area contributed by atoms with Crippen molar-refractivity contribution in [3.8, 4) is 11.5 Å². The highest BCUT2D eigenvalue weighted by Gasteiger charge is 2.29. The van der Waals surface area contributed by atoms with E-state index in [1.807, 2.05) is 0 Å². The molecule has 0 radical (unpaired) electrons. The molecule has 3 rings (SSSR count). The maximum Gasteiger partial charge on any atom is 0.422 e. The van der Waals surface area contributed by atoms with Gasteiger partial charge in [-0.25, -0.2) is 0 Å². The number of alkyl halides is 3. The lowest BCUT2D eigenvalue weighted by atomic mass is 10.1. The molecular formula is C17H13F3N2O4. The number of anilines is 2. The topological polar surface area (TPSA) is 76.7 Å². The van der Waals surface area contributed by atoms with Crippen LogP contribution in [0.25, 0.3) is 0 Å². The molecule has 9 heteroatoms. The Hall–Kier alpha value is -3.23. The molecule has 1 aliphatic rings. The summed E-state index contributed by atoms with van der Waals surface area (Å²) in [6, 6.07) is 10.2. The zero-order chi connectivity index (χ0) is 18.7. The Balaban J connectivity index is 1.76. The number of hydrogen-bond donors (Lipinski definition) is 2. The molecule has 0 bridgehead atoms. The summed E-state index contributed by atoms with van der Waals surface area (Å²) in [5.74, 6) is -0.598. The number of halogens is 3. The quantitative estimate of drug-likeness (QED) is 0.871. The van der Waals surface area contributed by atoms with Crippen molar-refractivity contribution in [2.75, 3.05) is 23.8 Å². The molecule has 0 saturated carbocycles. The molecule has 2 aromatic rings. The van der Waals surface area contributed by atoms with E-state index in [9.17, 15) is 22.8 Å². The van der Waals surface area contributed by atoms with Gasteiger partial charge in [0.15, 0.2) is 13.2 Å². The maximum absolute atomic E-state index is 12.4. The second kappa shape index (κ2) is 6.95. The minimum Gasteiger partial charge on any atom is -0.482 e. The minimum absolute atomic E-state index is 0.0970. The minimum atomic E-state index is -4.49. The number of carbonyl (C=O) groups is 2. The van der Waals surface area contributed by atoms with Crippen LogP contribution in [0.4, 0.5) is 24.5 Å². The van der Waals surface area contributed by atoms with Gasteiger partial charge < -0.3 is 20.1 Å². The zero-order valence-electron chi connectivity index (χ0n) is 13.2. The molecule has 2 aromatic carbocycles. The van der Waals surface area contributed by atoms with E-state index in [1.54, 1.807) is 6.07 Å². The molecule has 0 spiro atoms. The molecule has 1 heterocycles. The van der Waals surface area contributed by atoms with Crippen molar-refractivity contribution in [3.05, 3.63) is 48.0 Å². The summed E-state index contributed by atoms with van der Waals surface area (Å²) in [4.78, 5) is 23.7. The molecule has 0 fully saturated rings. The maximum atomic E-state index is 12.4. The van der Waals surface area contributed by atoms with Crippen LogP contribution in [0.2, 0.25) is 0 Å². The first kappa shape index (κ1) is 17.6. The number of hydrogen-bond acceptors (Lipinski definition) is 4. The van der Waals surface area contributed by atoms with Gasteiger partial charge in [-0.2, -0.15) is 13.2 Å². The molecule has 26 heavy (non-hydrogen) atoms. The lowest BCUT2D eigenvalue weighted by molar-refractivity contribution is -0.153. The van der Waals surface area contributed by atoms with Gasteiger partial charge in [0.25, 0.3) is 11.8 Å². The molecule has 6 nitrogen and oxygen atoms in total. The first-order valence-electron chi connectivity index (χ1n) is 7.48. The third-order valence-corrected chi connectivity index (χ3v) is 3.40. The molecule has 136 valence electrons. The van der Waals surface area contributed by atoms with Gasteiger partial charge in [0.1, 0.15) is 11.5 Å². The molecule has 0 aliphatic carbocycles. The highest BCUT2D eigenvalue weighted by atomic mass is 19.4. The average molecular weight is 366 g/mol. The van der Waals surface area contributed by atoms with Crippen molar-refractivity contribution in [1.29, 1.82) is 0 Å². The number of ether oxygens (including phenoxy) is 2. The Morgan fingerprint density at radius 2 is 2.00 bits per heavy atom. The van der Waals surface area contributed by atoms with Crippen LogP contribution >= 0.6 is 0 Å². The summed E-state index contributed by atoms with van der Waals surface area (Å²) in [5, 5.41) is 5.07. The van der Waals surface area contributed by atoms with E-state index in [2.05, 4.69) is 10.6 Å². The van der Waals surface area contributed by atoms with Crippen LogP contribution in [0.3, 0.4) is 0 Å². The second-order valence-corrected chi connectivity index (χ2v) is 5.40. The summed E-state index contributed by atoms with van der Waals surface area (Å²) >= 11 is 0. The van der Waals surface area contributed by atoms with Gasteiger partial charge >= 0.3 is 6.18 Å². The van der Waals surface area contributed by atoms with Gasteiger partial charge in [0, 0.05) is 5.56 Å². The van der Waals surface area contributed by atoms with Crippen LogP contribution in [0, 0.1) is 0 Å². The first-order chi connectivity index (χ1) is 12.3. The Morgan fingerprint density at radius 1 is 1.23 bits per heavy atom. The van der Waals surface area contributed by atoms with Crippen molar-refractivity contribution in [2.45, 2.75) is 6.18 Å². The summed E-state index contributed by atoms with van der Waals surface area (Å²) in [6.45, 7) is -1.58. The summed E-state index contributed by atoms with van der Waals surface area (Å²) in [6.07, 6.45) is -4.49. The Kier molecular flexibility index (Phi) is 4.70. The van der Waals surface area contributed by atoms with Crippen molar-refractivity contribution in [3.63, 3.8) is 0 Å². The number of fused-ring (bicyclic) bond motifs is 1. The molecule has 0 saturated heterocycles. The van der Waals surface area contributed by atoms with Gasteiger partial charge in [-0.15, -0.1) is 0 Å². The fourth-order valence-corrected chi connectivity index (χ4v) is 2.27. The van der Waals surface area contributed by atoms with Gasteiger partial charge in [0.05, 0.1) is 11.4 Å². The normalized spacial score (nSPS) is 13.3. The van der Waals surface area contributed by atoms with Gasteiger partial charge in [-0.3, -0.25) is 9.59 Å². The number of para-hydroxylation sites is 2. The number of benzene rings is 2. The smallest absolute Gasteiger partial charge is 0.422 e. The van der Waals surface area contributed by atoms with E-state index in [4.69, 9.17) is 9.47 Å². The van der Waals surface area contributed by atoms with Gasteiger partial charge in [0.2, 0.25) is 0 Å². The van der Waals surface area contributed by atoms with E-state index in [1.165, 1.54) is 36.4 Å². The van der Waals surface area contributed by atoms with Crippen LogP contribution in [-0.4, -0.2) is 31.2 Å². The average Bonchev–Trinajstić information content (AvgIpc) is 2.59. The Labute approximate surface area is 145 Å². The molecule has 2 amide bonds. The van der Waals surface area contributed by atoms with Crippen LogP contribution < -0.4 is 20.1 Å². The molecular weight excluding hydrogens is 353 g/mol. The Morgan fingerprint density at radius 3 is 2.77 bits per heavy atom. The highest BCUT2D eigenvalue weighted by Crippen LogP contribution is 2.30. The van der Waals surface area contributed by atoms with Crippen molar-refractivity contribution < 1.29 is 32.2 Å². The van der Waals surface area contributed by atoms with Crippen molar-refractivity contribution >= 4 is 23.2 Å². The van der Waals surface area contributed by atoms with Crippen LogP contribution in [0.5, 0.6) is 11.5 Å². The van der Waals surface area contributed by atoms with E-state index in [0.29, 0.717) is 11.4 Å². The third-order valence-electron chi connectivity index (χ3n) is 3.40. The van der Waals surface area contributed by atoms with E-state index >= 15 is 0 Å². The summed E-state index contributed by atoms with van der Waals surface area (Å²) in [5.41, 5.74) is 0.635. The number of rotatable bonds is 4. The lowest BCUT2D eigenvalue weighted by Gasteiger charge is -2.18. The van der Waals surface area contributed by atoms with Crippen LogP contribution in [0.1, 0.15) is 10.4 Å². The van der Waals surface area contributed by atoms with Crippen LogP contribution in [0.15, 0.2) is 42.5 Å². The SMILES string of the molecule is O=C1COc2ccc(C(=O)Nc3ccccc3OCC(F)(F)F)cc2N1. The predicted octanol–water partition coefficient (Wildman–Crippen LogP) is 3.21. The van der Waals surface area contributed by atoms with Gasteiger partial charge in [-0.05, 0) is 30.3 Å². The van der Waals surface area contributed by atoms with Crippen molar-refractivity contribution in [1.82, 2.24) is 0 Å². The predicted molar refractivity (Wildman–Crippen MR) is 86.5 cm³/mol. The van der Waals surface area contributed by atoms with E-state index in [0.717, 1.165) is 0 Å². The lowest BCUT2D eigenvalue weighted by Crippen LogP contribution is -2.25. The zero-order valence-corrected chi connectivity index (χ0v) is 13.2. The first-order valence-corrected chi connectivity index (χ1v) is 7.48. The fraction of sp³-hybridized carbons (Fsp3) is 0.176. The van der Waals surface area contributed by atoms with E-state index in [-0.39, 0.29) is 29.5 Å². The largest absolute Gasteiger partial charge is 0.482 e. The highest BCUT2D eigenvalue weighted by molar-refractivity contribution is 6.06. The third kappa shape index (κ3) is 4.24. The summed E-state index contributed by atoms with van der Waals surface area (Å²) < 4.78 is 46.9. The summed E-state index contributed by atoms with van der Waals surface area (Å²) in [7, 11) is 0. The molecule has 2 N–H and O–H groups in total. The molecule has 1 aliphatic heterocycles. The number of amides is 2. The molecule has 0 unspecified atom stereocenters. The van der Waals surface area contributed by atoms with E-state index < -0.39 is 18.7 Å². The number of nitrogens with one attached hydrogen (secondary N) is 2.